The van der Waals surface area contributed by atoms with E-state index in [9.17, 15) is 8.42 Å². The fourth-order valence-electron chi connectivity index (χ4n) is 1.03. The lowest BCUT2D eigenvalue weighted by Crippen LogP contribution is -2.20. The minimum atomic E-state index is -2.60. The number of allylic oxidation sites excluding steroid dienone is 2. The molecule has 0 aromatic heterocycles. The van der Waals surface area contributed by atoms with Gasteiger partial charge in [-0.05, 0) is 11.1 Å². The maximum absolute atomic E-state index is 10.8. The normalized spacial score (nSPS) is 18.5. The summed E-state index contributed by atoms with van der Waals surface area (Å²) in [4.78, 5) is 4.76. The van der Waals surface area contributed by atoms with Gasteiger partial charge in [0.15, 0.2) is 0 Å². The first-order chi connectivity index (χ1) is 7.20. The lowest BCUT2D eigenvalue weighted by atomic mass is 10.1. The highest BCUT2D eigenvalue weighted by Gasteiger charge is 2.19. The van der Waals surface area contributed by atoms with Crippen LogP contribution < -0.4 is 0 Å². The molecule has 15 heavy (non-hydrogen) atoms. The summed E-state index contributed by atoms with van der Waals surface area (Å²) >= 11 is 0. The predicted molar refractivity (Wildman–Crippen MR) is 53.2 cm³/mol. The summed E-state index contributed by atoms with van der Waals surface area (Å²) in [6.45, 7) is 0. The van der Waals surface area contributed by atoms with Crippen molar-refractivity contribution in [3.63, 3.8) is 0 Å². The molecule has 0 saturated carbocycles. The molecule has 0 radical (unpaired) electrons. The molecule has 1 rings (SSSR count). The summed E-state index contributed by atoms with van der Waals surface area (Å²) < 4.78 is 21.7. The molecule has 1 unspecified atom stereocenters. The van der Waals surface area contributed by atoms with Crippen LogP contribution in [0.15, 0.2) is 34.2 Å². The summed E-state index contributed by atoms with van der Waals surface area (Å²) in [7, 11) is -2.60. The van der Waals surface area contributed by atoms with Gasteiger partial charge in [0.2, 0.25) is 10.3 Å². The van der Waals surface area contributed by atoms with Gasteiger partial charge in [-0.1, -0.05) is 28.5 Å². The second-order valence-electron chi connectivity index (χ2n) is 2.37. The van der Waals surface area contributed by atoms with Gasteiger partial charge in [0.1, 0.15) is 0 Å². The smallest absolute Gasteiger partial charge is 0.184 e. The molecule has 8 nitrogen and oxygen atoms in total. The molecule has 1 aliphatic carbocycles. The Morgan fingerprint density at radius 1 is 1.33 bits per heavy atom. The Kier molecular flexibility index (Phi) is 3.53. The molecule has 76 valence electrons. The molecule has 1 atom stereocenters. The maximum Gasteiger partial charge on any atom is 0.218 e. The lowest BCUT2D eigenvalue weighted by molar-refractivity contribution is 0.626. The topological polar surface area (TPSA) is 132 Å². The van der Waals surface area contributed by atoms with Gasteiger partial charge in [-0.15, -0.1) is 0 Å². The van der Waals surface area contributed by atoms with Crippen LogP contribution >= 0.6 is 0 Å². The molecule has 0 bridgehead atoms. The summed E-state index contributed by atoms with van der Waals surface area (Å²) in [5.74, 6) is 0. The van der Waals surface area contributed by atoms with E-state index >= 15 is 0 Å². The van der Waals surface area contributed by atoms with E-state index in [-0.39, 0.29) is 10.6 Å². The van der Waals surface area contributed by atoms with Crippen molar-refractivity contribution >= 4 is 15.2 Å². The monoisotopic (exact) mass is 224 g/mol. The predicted octanol–water partition coefficient (Wildman–Crippen LogP) is 1.48. The van der Waals surface area contributed by atoms with E-state index in [1.165, 1.54) is 18.2 Å². The number of hydrogen-bond acceptors (Lipinski definition) is 4. The van der Waals surface area contributed by atoms with Crippen molar-refractivity contribution in [1.29, 1.82) is 0 Å². The van der Waals surface area contributed by atoms with Gasteiger partial charge in [-0.3, -0.25) is 0 Å². The van der Waals surface area contributed by atoms with Crippen molar-refractivity contribution in [1.82, 2.24) is 0 Å². The van der Waals surface area contributed by atoms with E-state index in [0.717, 1.165) is 0 Å². The van der Waals surface area contributed by atoms with Gasteiger partial charge in [0.05, 0.1) is 16.6 Å². The number of hydrogen-bond donors (Lipinski definition) is 0. The molecule has 0 spiro atoms. The summed E-state index contributed by atoms with van der Waals surface area (Å²) in [5.41, 5.74) is 16.4. The first-order valence-electron chi connectivity index (χ1n) is 3.65. The van der Waals surface area contributed by atoms with E-state index in [0.29, 0.717) is 0 Å². The van der Waals surface area contributed by atoms with E-state index in [4.69, 9.17) is 11.1 Å². The molecule has 0 N–H and O–H groups in total. The third-order valence-corrected chi connectivity index (χ3v) is 2.39. The third kappa shape index (κ3) is 2.38. The van der Waals surface area contributed by atoms with Gasteiger partial charge in [0.25, 0.3) is 0 Å². The zero-order chi connectivity index (χ0) is 11.3. The van der Waals surface area contributed by atoms with Crippen molar-refractivity contribution in [3.05, 3.63) is 44.8 Å². The second-order valence-corrected chi connectivity index (χ2v) is 3.28. The molecule has 0 aliphatic heterocycles. The van der Waals surface area contributed by atoms with E-state index in [1.807, 2.05) is 0 Å². The van der Waals surface area contributed by atoms with E-state index in [1.54, 1.807) is 0 Å². The van der Waals surface area contributed by atoms with Crippen LogP contribution in [-0.2, 0) is 10.3 Å². The maximum atomic E-state index is 10.8. The summed E-state index contributed by atoms with van der Waals surface area (Å²) in [5, 5.41) is 6.45. The van der Waals surface area contributed by atoms with Crippen molar-refractivity contribution < 1.29 is 8.42 Å². The van der Waals surface area contributed by atoms with Gasteiger partial charge in [-0.2, -0.15) is 8.42 Å². The Morgan fingerprint density at radius 2 is 2.07 bits per heavy atom. The van der Waals surface area contributed by atoms with Gasteiger partial charge in [0, 0.05) is 9.82 Å². The van der Waals surface area contributed by atoms with Crippen LogP contribution in [0, 0.1) is 0 Å². The Morgan fingerprint density at radius 3 is 2.60 bits per heavy atom. The average Bonchev–Trinajstić information content (AvgIpc) is 2.18. The van der Waals surface area contributed by atoms with E-state index < -0.39 is 16.3 Å². The number of nitrogens with zero attached hydrogens (tertiary/aromatic N) is 6. The first kappa shape index (κ1) is 10.9. The Hall–Kier alpha value is -2.21. The van der Waals surface area contributed by atoms with E-state index in [2.05, 4.69) is 20.1 Å². The molecule has 1 aliphatic rings. The second kappa shape index (κ2) is 4.87. The molecule has 0 aromatic rings. The standard InChI is InChI=1S/C6H4N6O2S/c7-11-9-4-2-1-3-5(10-12-8)6(4)15(13)14/h1-4H. The average molecular weight is 224 g/mol. The van der Waals surface area contributed by atoms with Crippen LogP contribution in [0.25, 0.3) is 20.9 Å². The quantitative estimate of drug-likeness (QED) is 0.304. The highest BCUT2D eigenvalue weighted by atomic mass is 32.2. The molecular formula is C6H4N6O2S. The highest BCUT2D eigenvalue weighted by molar-refractivity contribution is 7.73. The van der Waals surface area contributed by atoms with Crippen molar-refractivity contribution in [3.8, 4) is 0 Å². The van der Waals surface area contributed by atoms with Crippen LogP contribution in [0.2, 0.25) is 0 Å². The van der Waals surface area contributed by atoms with Gasteiger partial charge < -0.3 is 0 Å². The molecule has 9 heteroatoms. The molecule has 0 saturated heterocycles. The molecule has 0 amide bonds. The third-order valence-electron chi connectivity index (χ3n) is 1.58. The summed E-state index contributed by atoms with van der Waals surface area (Å²) in [6, 6.07) is -0.959. The molecule has 0 aromatic carbocycles. The van der Waals surface area contributed by atoms with Crippen molar-refractivity contribution in [2.24, 2.45) is 10.2 Å². The summed E-state index contributed by atoms with van der Waals surface area (Å²) in [6.07, 6.45) is 4.18. The molecule has 0 heterocycles. The van der Waals surface area contributed by atoms with Gasteiger partial charge >= 0.3 is 0 Å². The van der Waals surface area contributed by atoms with Crippen LogP contribution in [0.3, 0.4) is 0 Å². The highest BCUT2D eigenvalue weighted by Crippen LogP contribution is 2.14. The van der Waals surface area contributed by atoms with Crippen LogP contribution in [0.4, 0.5) is 0 Å². The SMILES string of the molecule is [N-]=[N+]=NC1=CC=CC(N=[N+]=[N-])C1=S(=O)=O. The van der Waals surface area contributed by atoms with Crippen molar-refractivity contribution in [2.45, 2.75) is 6.04 Å². The van der Waals surface area contributed by atoms with Crippen LogP contribution in [0.1, 0.15) is 0 Å². The zero-order valence-corrected chi connectivity index (χ0v) is 8.03. The number of azide groups is 2. The Balaban J connectivity index is 3.40. The van der Waals surface area contributed by atoms with Crippen LogP contribution in [0.5, 0.6) is 0 Å². The number of rotatable bonds is 2. The van der Waals surface area contributed by atoms with Gasteiger partial charge in [-0.25, -0.2) is 0 Å². The lowest BCUT2D eigenvalue weighted by Gasteiger charge is -2.10. The first-order valence-corrected chi connectivity index (χ1v) is 4.72. The fourth-order valence-corrected chi connectivity index (χ4v) is 1.64. The molecule has 0 fully saturated rings. The molecular weight excluding hydrogens is 220 g/mol. The Bertz CT molecular complexity index is 550. The van der Waals surface area contributed by atoms with Crippen molar-refractivity contribution in [2.75, 3.05) is 0 Å². The minimum Gasteiger partial charge on any atom is -0.184 e. The fraction of sp³-hybridized carbons (Fsp3) is 0.167. The Labute approximate surface area is 85.3 Å². The zero-order valence-electron chi connectivity index (χ0n) is 7.22. The minimum absolute atomic E-state index is 0.0641. The van der Waals surface area contributed by atoms with Crippen LogP contribution in [-0.4, -0.2) is 19.3 Å². The largest absolute Gasteiger partial charge is 0.218 e.